The fourth-order valence-corrected chi connectivity index (χ4v) is 3.59. The van der Waals surface area contributed by atoms with E-state index in [2.05, 4.69) is 67.5 Å². The van der Waals surface area contributed by atoms with Crippen molar-refractivity contribution in [1.82, 2.24) is 15.1 Å². The molecule has 21 heavy (non-hydrogen) atoms. The van der Waals surface area contributed by atoms with Gasteiger partial charge in [-0.05, 0) is 51.3 Å². The topological polar surface area (TPSA) is 35.6 Å². The van der Waals surface area contributed by atoms with Crippen LogP contribution in [-0.4, -0.2) is 48.4 Å². The highest BCUT2D eigenvalue weighted by molar-refractivity contribution is 7.10. The first-order chi connectivity index (χ1) is 9.91. The molecule has 1 N–H and O–H groups in total. The first-order valence-electron chi connectivity index (χ1n) is 7.68. The molecule has 3 atom stereocenters. The van der Waals surface area contributed by atoms with Crippen molar-refractivity contribution in [2.75, 3.05) is 20.6 Å². The van der Waals surface area contributed by atoms with Crippen LogP contribution >= 0.6 is 11.3 Å². The summed E-state index contributed by atoms with van der Waals surface area (Å²) in [5.41, 5.74) is 0. The summed E-state index contributed by atoms with van der Waals surface area (Å²) in [6.45, 7) is 7.37. The number of nitrogens with one attached hydrogen (secondary N) is 1. The number of hydrogen-bond acceptors (Lipinski definition) is 4. The molecule has 1 saturated heterocycles. The van der Waals surface area contributed by atoms with Gasteiger partial charge in [-0.3, -0.25) is 10.1 Å². The summed E-state index contributed by atoms with van der Waals surface area (Å²) >= 11 is 1.71. The zero-order chi connectivity index (χ0) is 15.6. The normalized spacial score (nSPS) is 24.3. The highest BCUT2D eigenvalue weighted by Crippen LogP contribution is 2.33. The third kappa shape index (κ3) is 3.65. The van der Waals surface area contributed by atoms with Crippen molar-refractivity contribution in [1.29, 1.82) is 0 Å². The van der Waals surface area contributed by atoms with E-state index in [1.807, 2.05) is 0 Å². The van der Waals surface area contributed by atoms with Gasteiger partial charge in [0.05, 0.1) is 6.04 Å². The molecule has 0 spiro atoms. The Morgan fingerprint density at radius 2 is 2.10 bits per heavy atom. The Morgan fingerprint density at radius 3 is 2.62 bits per heavy atom. The molecule has 1 aromatic rings. The van der Waals surface area contributed by atoms with Gasteiger partial charge in [-0.15, -0.1) is 11.3 Å². The number of rotatable bonds is 6. The van der Waals surface area contributed by atoms with Crippen LogP contribution < -0.4 is 5.32 Å². The number of thiophene rings is 1. The van der Waals surface area contributed by atoms with E-state index in [1.165, 1.54) is 4.88 Å². The average Bonchev–Trinajstić information content (AvgIpc) is 3.02. The van der Waals surface area contributed by atoms with Crippen LogP contribution in [0.15, 0.2) is 17.5 Å². The van der Waals surface area contributed by atoms with Crippen LogP contribution in [0, 0.1) is 5.92 Å². The number of carbonyl (C=O) groups is 1. The lowest BCUT2D eigenvalue weighted by Crippen LogP contribution is -2.40. The third-order valence-corrected chi connectivity index (χ3v) is 5.01. The fraction of sp³-hybridized carbons (Fsp3) is 0.688. The molecule has 5 heteroatoms. The fourth-order valence-electron chi connectivity index (χ4n) is 2.81. The van der Waals surface area contributed by atoms with Crippen molar-refractivity contribution < 1.29 is 4.79 Å². The van der Waals surface area contributed by atoms with E-state index in [0.29, 0.717) is 5.92 Å². The van der Waals surface area contributed by atoms with Crippen LogP contribution in [0.1, 0.15) is 38.2 Å². The summed E-state index contributed by atoms with van der Waals surface area (Å²) in [6.07, 6.45) is 1.02. The van der Waals surface area contributed by atoms with Gasteiger partial charge >= 0.3 is 0 Å². The SMILES string of the molecule is CC(C)C1NC(c2cccs2)N(C(C)CCN(C)C)C1=O. The molecular weight excluding hydrogens is 282 g/mol. The molecule has 1 aliphatic rings. The molecule has 0 saturated carbocycles. The molecule has 0 radical (unpaired) electrons. The largest absolute Gasteiger partial charge is 0.318 e. The van der Waals surface area contributed by atoms with Gasteiger partial charge in [0.25, 0.3) is 0 Å². The molecule has 1 aromatic heterocycles. The van der Waals surface area contributed by atoms with E-state index in [-0.39, 0.29) is 24.2 Å². The summed E-state index contributed by atoms with van der Waals surface area (Å²) < 4.78 is 0. The van der Waals surface area contributed by atoms with Crippen molar-refractivity contribution in [3.05, 3.63) is 22.4 Å². The summed E-state index contributed by atoms with van der Waals surface area (Å²) in [5.74, 6) is 0.556. The molecule has 1 amide bonds. The lowest BCUT2D eigenvalue weighted by atomic mass is 10.0. The third-order valence-electron chi connectivity index (χ3n) is 4.08. The number of nitrogens with zero attached hydrogens (tertiary/aromatic N) is 2. The molecule has 0 aliphatic carbocycles. The van der Waals surface area contributed by atoms with Crippen molar-refractivity contribution >= 4 is 17.2 Å². The maximum atomic E-state index is 12.8. The van der Waals surface area contributed by atoms with Crippen molar-refractivity contribution in [3.8, 4) is 0 Å². The van der Waals surface area contributed by atoms with Crippen molar-refractivity contribution in [2.24, 2.45) is 5.92 Å². The summed E-state index contributed by atoms with van der Waals surface area (Å²) in [4.78, 5) is 18.2. The molecule has 2 heterocycles. The van der Waals surface area contributed by atoms with E-state index in [1.54, 1.807) is 11.3 Å². The van der Waals surface area contributed by atoms with E-state index in [0.717, 1.165) is 13.0 Å². The molecule has 3 unspecified atom stereocenters. The molecule has 1 fully saturated rings. The summed E-state index contributed by atoms with van der Waals surface area (Å²) in [5, 5.41) is 5.61. The van der Waals surface area contributed by atoms with E-state index in [9.17, 15) is 4.79 Å². The molecule has 4 nitrogen and oxygen atoms in total. The van der Waals surface area contributed by atoms with E-state index in [4.69, 9.17) is 0 Å². The zero-order valence-electron chi connectivity index (χ0n) is 13.7. The molecule has 1 aliphatic heterocycles. The van der Waals surface area contributed by atoms with Gasteiger partial charge in [0.1, 0.15) is 6.17 Å². The Bertz CT molecular complexity index is 458. The van der Waals surface area contributed by atoms with Gasteiger partial charge in [-0.1, -0.05) is 19.9 Å². The van der Waals surface area contributed by atoms with Crippen molar-refractivity contribution in [2.45, 2.75) is 45.4 Å². The van der Waals surface area contributed by atoms with Crippen LogP contribution in [-0.2, 0) is 4.79 Å². The van der Waals surface area contributed by atoms with E-state index >= 15 is 0 Å². The van der Waals surface area contributed by atoms with Gasteiger partial charge in [-0.2, -0.15) is 0 Å². The predicted molar refractivity (Wildman–Crippen MR) is 88.3 cm³/mol. The second-order valence-electron chi connectivity index (χ2n) is 6.49. The Morgan fingerprint density at radius 1 is 1.38 bits per heavy atom. The van der Waals surface area contributed by atoms with Gasteiger partial charge in [0.15, 0.2) is 0 Å². The van der Waals surface area contributed by atoms with Crippen LogP contribution in [0.3, 0.4) is 0 Å². The molecule has 0 aromatic carbocycles. The number of hydrogen-bond donors (Lipinski definition) is 1. The highest BCUT2D eigenvalue weighted by Gasteiger charge is 2.43. The Labute approximate surface area is 132 Å². The minimum Gasteiger partial charge on any atom is -0.318 e. The first kappa shape index (κ1) is 16.5. The van der Waals surface area contributed by atoms with E-state index < -0.39 is 0 Å². The van der Waals surface area contributed by atoms with Gasteiger partial charge in [0.2, 0.25) is 5.91 Å². The van der Waals surface area contributed by atoms with Crippen LogP contribution in [0.25, 0.3) is 0 Å². The Kier molecular flexibility index (Phi) is 5.41. The number of carbonyl (C=O) groups excluding carboxylic acids is 1. The van der Waals surface area contributed by atoms with Gasteiger partial charge < -0.3 is 9.80 Å². The lowest BCUT2D eigenvalue weighted by Gasteiger charge is -2.30. The smallest absolute Gasteiger partial charge is 0.241 e. The minimum atomic E-state index is -0.0705. The van der Waals surface area contributed by atoms with Crippen molar-refractivity contribution in [3.63, 3.8) is 0 Å². The second-order valence-corrected chi connectivity index (χ2v) is 7.47. The maximum Gasteiger partial charge on any atom is 0.241 e. The van der Waals surface area contributed by atoms with Gasteiger partial charge in [0, 0.05) is 10.9 Å². The maximum absolute atomic E-state index is 12.8. The zero-order valence-corrected chi connectivity index (χ0v) is 14.5. The Balaban J connectivity index is 2.18. The predicted octanol–water partition coefficient (Wildman–Crippen LogP) is 2.54. The molecule has 0 bridgehead atoms. The molecule has 118 valence electrons. The van der Waals surface area contributed by atoms with Gasteiger partial charge in [-0.25, -0.2) is 0 Å². The van der Waals surface area contributed by atoms with Crippen LogP contribution in [0.2, 0.25) is 0 Å². The first-order valence-corrected chi connectivity index (χ1v) is 8.56. The van der Waals surface area contributed by atoms with Crippen LogP contribution in [0.4, 0.5) is 0 Å². The quantitative estimate of drug-likeness (QED) is 0.877. The summed E-state index contributed by atoms with van der Waals surface area (Å²) in [6, 6.07) is 4.34. The molecule has 2 rings (SSSR count). The summed E-state index contributed by atoms with van der Waals surface area (Å²) in [7, 11) is 4.15. The monoisotopic (exact) mass is 309 g/mol. The Hall–Kier alpha value is -0.910. The van der Waals surface area contributed by atoms with Crippen LogP contribution in [0.5, 0.6) is 0 Å². The standard InChI is InChI=1S/C16H27N3OS/c1-11(2)14-16(20)19(12(3)8-9-18(4)5)15(17-14)13-7-6-10-21-13/h6-7,10-12,14-15,17H,8-9H2,1-5H3. The number of amides is 1. The lowest BCUT2D eigenvalue weighted by molar-refractivity contribution is -0.132. The minimum absolute atomic E-state index is 0.0297. The average molecular weight is 309 g/mol. The molecular formula is C16H27N3OS. The highest BCUT2D eigenvalue weighted by atomic mass is 32.1. The second kappa shape index (κ2) is 6.90.